The Labute approximate surface area is 188 Å². The van der Waals surface area contributed by atoms with Crippen LogP contribution in [0.1, 0.15) is 53.6 Å². The van der Waals surface area contributed by atoms with E-state index >= 15 is 0 Å². The molecule has 1 aromatic heterocycles. The van der Waals surface area contributed by atoms with E-state index in [2.05, 4.69) is 20.7 Å². The van der Waals surface area contributed by atoms with Gasteiger partial charge in [0.25, 0.3) is 5.91 Å². The van der Waals surface area contributed by atoms with E-state index in [1.165, 1.54) is 0 Å². The van der Waals surface area contributed by atoms with Crippen LogP contribution in [-0.4, -0.2) is 54.1 Å². The second-order valence-electron chi connectivity index (χ2n) is 7.96. The Bertz CT molecular complexity index is 871. The monoisotopic (exact) mass is 444 g/mol. The van der Waals surface area contributed by atoms with Crippen LogP contribution in [0.2, 0.25) is 0 Å². The fourth-order valence-electron chi connectivity index (χ4n) is 3.66. The highest BCUT2D eigenvalue weighted by atomic mass is 32.2. The first-order valence-corrected chi connectivity index (χ1v) is 11.9. The first-order chi connectivity index (χ1) is 15.0. The van der Waals surface area contributed by atoms with Gasteiger partial charge in [-0.1, -0.05) is 24.2 Å². The van der Waals surface area contributed by atoms with Gasteiger partial charge in [0.1, 0.15) is 5.76 Å². The predicted molar refractivity (Wildman–Crippen MR) is 122 cm³/mol. The summed E-state index contributed by atoms with van der Waals surface area (Å²) in [4.78, 5) is 28.0. The minimum absolute atomic E-state index is 0.0407. The number of hydrogen-bond acceptors (Lipinski definition) is 6. The Balaban J connectivity index is 1.52. The zero-order valence-electron chi connectivity index (χ0n) is 18.6. The number of aromatic nitrogens is 1. The molecule has 7 nitrogen and oxygen atoms in total. The highest BCUT2D eigenvalue weighted by Crippen LogP contribution is 2.29. The summed E-state index contributed by atoms with van der Waals surface area (Å²) in [6, 6.07) is 7.83. The van der Waals surface area contributed by atoms with Gasteiger partial charge in [0, 0.05) is 41.9 Å². The molecule has 0 spiro atoms. The maximum atomic E-state index is 13.0. The van der Waals surface area contributed by atoms with Crippen molar-refractivity contribution in [3.63, 3.8) is 0 Å². The normalized spacial score (nSPS) is 15.1. The molecule has 1 aliphatic rings. The second-order valence-corrected chi connectivity index (χ2v) is 8.98. The summed E-state index contributed by atoms with van der Waals surface area (Å²) >= 11 is 1.62. The molecule has 0 aliphatic carbocycles. The van der Waals surface area contributed by atoms with E-state index in [0.29, 0.717) is 17.9 Å². The summed E-state index contributed by atoms with van der Waals surface area (Å²) in [5, 5.41) is 10.1. The highest BCUT2D eigenvalue weighted by Gasteiger charge is 2.23. The minimum Gasteiger partial charge on any atom is -0.361 e. The molecule has 0 bridgehead atoms. The van der Waals surface area contributed by atoms with Crippen molar-refractivity contribution in [1.29, 1.82) is 0 Å². The summed E-state index contributed by atoms with van der Waals surface area (Å²) in [7, 11) is 0. The summed E-state index contributed by atoms with van der Waals surface area (Å²) in [6.45, 7) is 8.67. The molecule has 168 valence electrons. The van der Waals surface area contributed by atoms with Gasteiger partial charge in [0.2, 0.25) is 5.91 Å². The number of amides is 2. The van der Waals surface area contributed by atoms with Gasteiger partial charge in [0.05, 0.1) is 17.8 Å². The third-order valence-corrected chi connectivity index (χ3v) is 6.65. The molecule has 31 heavy (non-hydrogen) atoms. The average molecular weight is 445 g/mol. The fourth-order valence-corrected chi connectivity index (χ4v) is 4.86. The van der Waals surface area contributed by atoms with E-state index in [0.717, 1.165) is 60.8 Å². The van der Waals surface area contributed by atoms with Crippen LogP contribution in [0.4, 0.5) is 0 Å². The highest BCUT2D eigenvalue weighted by molar-refractivity contribution is 7.98. The van der Waals surface area contributed by atoms with Crippen LogP contribution in [-0.2, 0) is 10.5 Å². The van der Waals surface area contributed by atoms with Gasteiger partial charge in [0.15, 0.2) is 0 Å². The van der Waals surface area contributed by atoms with Crippen molar-refractivity contribution in [3.8, 4) is 0 Å². The van der Waals surface area contributed by atoms with Crippen LogP contribution < -0.4 is 10.6 Å². The maximum Gasteiger partial charge on any atom is 0.252 e. The van der Waals surface area contributed by atoms with Crippen LogP contribution in [0, 0.1) is 13.8 Å². The Morgan fingerprint density at radius 2 is 1.97 bits per heavy atom. The Morgan fingerprint density at radius 3 is 2.65 bits per heavy atom. The van der Waals surface area contributed by atoms with Gasteiger partial charge in [-0.2, -0.15) is 0 Å². The number of nitrogens with zero attached hydrogens (tertiary/aromatic N) is 2. The molecule has 0 unspecified atom stereocenters. The number of aryl methyl sites for hydroxylation is 2. The van der Waals surface area contributed by atoms with Gasteiger partial charge in [-0.15, -0.1) is 11.8 Å². The second kappa shape index (κ2) is 11.3. The van der Waals surface area contributed by atoms with Crippen molar-refractivity contribution >= 4 is 23.6 Å². The van der Waals surface area contributed by atoms with Gasteiger partial charge < -0.3 is 15.2 Å². The third kappa shape index (κ3) is 6.58. The summed E-state index contributed by atoms with van der Waals surface area (Å²) in [5.74, 6) is 1.57. The average Bonchev–Trinajstić information content (AvgIpc) is 3.09. The molecule has 1 saturated heterocycles. The number of rotatable bonds is 9. The number of carbonyl (C=O) groups is 2. The molecule has 0 radical (unpaired) electrons. The number of benzene rings is 1. The quantitative estimate of drug-likeness (QED) is 0.577. The first-order valence-electron chi connectivity index (χ1n) is 10.9. The minimum atomic E-state index is -0.0407. The molecule has 2 amide bonds. The molecular weight excluding hydrogens is 412 g/mol. The van der Waals surface area contributed by atoms with Crippen molar-refractivity contribution in [1.82, 2.24) is 20.7 Å². The van der Waals surface area contributed by atoms with Gasteiger partial charge in [-0.3, -0.25) is 14.5 Å². The lowest BCUT2D eigenvalue weighted by Gasteiger charge is -2.32. The number of piperidine rings is 1. The van der Waals surface area contributed by atoms with Gasteiger partial charge in [-0.25, -0.2) is 0 Å². The van der Waals surface area contributed by atoms with E-state index < -0.39 is 0 Å². The molecule has 2 aromatic rings. The Morgan fingerprint density at radius 1 is 1.23 bits per heavy atom. The van der Waals surface area contributed by atoms with Crippen LogP contribution >= 0.6 is 11.8 Å². The van der Waals surface area contributed by atoms with Crippen LogP contribution in [0.5, 0.6) is 0 Å². The first kappa shape index (κ1) is 23.3. The molecule has 2 N–H and O–H groups in total. The largest absolute Gasteiger partial charge is 0.361 e. The van der Waals surface area contributed by atoms with Crippen LogP contribution in [0.25, 0.3) is 0 Å². The molecular formula is C23H32N4O3S. The van der Waals surface area contributed by atoms with E-state index in [-0.39, 0.29) is 17.9 Å². The summed E-state index contributed by atoms with van der Waals surface area (Å²) in [6.07, 6.45) is 2.64. The predicted octanol–water partition coefficient (Wildman–Crippen LogP) is 3.30. The SMILES string of the molecule is CCCNC(=O)CN1CCC(NC(=O)c2ccccc2SCc2c(C)noc2C)CC1. The zero-order chi connectivity index (χ0) is 22.2. The van der Waals surface area contributed by atoms with Crippen molar-refractivity contribution in [3.05, 3.63) is 46.8 Å². The lowest BCUT2D eigenvalue weighted by molar-refractivity contribution is -0.122. The van der Waals surface area contributed by atoms with E-state index in [1.54, 1.807) is 11.8 Å². The molecule has 8 heteroatoms. The van der Waals surface area contributed by atoms with Crippen molar-refractivity contribution in [2.24, 2.45) is 0 Å². The Hall–Kier alpha value is -2.32. The number of thioether (sulfide) groups is 1. The third-order valence-electron chi connectivity index (χ3n) is 5.55. The molecule has 1 fully saturated rings. The number of hydrogen-bond donors (Lipinski definition) is 2. The topological polar surface area (TPSA) is 87.5 Å². The van der Waals surface area contributed by atoms with Gasteiger partial charge in [-0.05, 0) is 45.2 Å². The summed E-state index contributed by atoms with van der Waals surface area (Å²) < 4.78 is 5.24. The van der Waals surface area contributed by atoms with E-state index in [1.807, 2.05) is 45.0 Å². The zero-order valence-corrected chi connectivity index (χ0v) is 19.4. The van der Waals surface area contributed by atoms with Gasteiger partial charge >= 0.3 is 0 Å². The van der Waals surface area contributed by atoms with E-state index in [9.17, 15) is 9.59 Å². The van der Waals surface area contributed by atoms with Crippen LogP contribution in [0.3, 0.4) is 0 Å². The standard InChI is InChI=1S/C23H32N4O3S/c1-4-11-24-22(28)14-27-12-9-18(10-13-27)25-23(29)19-7-5-6-8-21(19)31-15-20-16(2)26-30-17(20)3/h5-8,18H,4,9-15H2,1-3H3,(H,24,28)(H,25,29). The van der Waals surface area contributed by atoms with Crippen molar-refractivity contribution < 1.29 is 14.1 Å². The Kier molecular flexibility index (Phi) is 8.54. The molecule has 0 atom stereocenters. The maximum absolute atomic E-state index is 13.0. The molecule has 2 heterocycles. The molecule has 3 rings (SSSR count). The molecule has 1 aromatic carbocycles. The lowest BCUT2D eigenvalue weighted by atomic mass is 10.0. The lowest BCUT2D eigenvalue weighted by Crippen LogP contribution is -2.47. The van der Waals surface area contributed by atoms with E-state index in [4.69, 9.17) is 4.52 Å². The number of carbonyl (C=O) groups excluding carboxylic acids is 2. The number of likely N-dealkylation sites (tertiary alicyclic amines) is 1. The van der Waals surface area contributed by atoms with Crippen LogP contribution in [0.15, 0.2) is 33.7 Å². The fraction of sp³-hybridized carbons (Fsp3) is 0.522. The van der Waals surface area contributed by atoms with Crippen molar-refractivity contribution in [2.45, 2.75) is 56.7 Å². The number of nitrogens with one attached hydrogen (secondary N) is 2. The summed E-state index contributed by atoms with van der Waals surface area (Å²) in [5.41, 5.74) is 2.67. The smallest absolute Gasteiger partial charge is 0.252 e. The molecule has 0 saturated carbocycles. The van der Waals surface area contributed by atoms with Crippen molar-refractivity contribution in [2.75, 3.05) is 26.2 Å². The molecule has 1 aliphatic heterocycles.